The van der Waals surface area contributed by atoms with E-state index in [4.69, 9.17) is 0 Å². The monoisotopic (exact) mass is 291 g/mol. The smallest absolute Gasteiger partial charge is 0.0977 e. The minimum absolute atomic E-state index is 0.0426. The first-order valence-corrected chi connectivity index (χ1v) is 7.86. The molecule has 0 amide bonds. The Bertz CT molecular complexity index is 642. The fraction of sp³-hybridized carbons (Fsp3) is 0.300. The third-order valence-corrected chi connectivity index (χ3v) is 4.21. The van der Waals surface area contributed by atoms with Crippen LogP contribution in [0.1, 0.15) is 30.0 Å². The second-order valence-electron chi connectivity index (χ2n) is 5.67. The van der Waals surface area contributed by atoms with E-state index in [1.807, 2.05) is 36.4 Å². The Balaban J connectivity index is 1.92. The van der Waals surface area contributed by atoms with Gasteiger partial charge in [-0.15, -0.1) is 0 Å². The zero-order valence-electron chi connectivity index (χ0n) is 12.7. The molecule has 1 aliphatic rings. The van der Waals surface area contributed by atoms with Crippen LogP contribution in [0.25, 0.3) is 0 Å². The van der Waals surface area contributed by atoms with E-state index in [0.717, 1.165) is 24.9 Å². The van der Waals surface area contributed by atoms with Crippen molar-refractivity contribution in [3.8, 4) is 11.8 Å². The summed E-state index contributed by atoms with van der Waals surface area (Å²) in [6, 6.07) is 20.7. The lowest BCUT2D eigenvalue weighted by atomic mass is 10.0. The zero-order chi connectivity index (χ0) is 15.2. The number of likely N-dealkylation sites (tertiary alicyclic amines) is 1. The molecule has 2 heteroatoms. The number of aliphatic hydroxyl groups is 1. The largest absolute Gasteiger partial charge is 0.395 e. The van der Waals surface area contributed by atoms with E-state index in [2.05, 4.69) is 41.0 Å². The Morgan fingerprint density at radius 3 is 2.41 bits per heavy atom. The summed E-state index contributed by atoms with van der Waals surface area (Å²) in [5.74, 6) is 6.71. The molecule has 112 valence electrons. The molecule has 1 saturated heterocycles. The average Bonchev–Trinajstić information content (AvgIpc) is 3.05. The van der Waals surface area contributed by atoms with Gasteiger partial charge in [-0.05, 0) is 30.5 Å². The molecule has 1 fully saturated rings. The quantitative estimate of drug-likeness (QED) is 0.878. The summed E-state index contributed by atoms with van der Waals surface area (Å²) in [4.78, 5) is 2.34. The number of nitrogens with zero attached hydrogens (tertiary/aromatic N) is 1. The van der Waals surface area contributed by atoms with Crippen molar-refractivity contribution in [2.45, 2.75) is 24.9 Å². The second kappa shape index (κ2) is 7.26. The maximum Gasteiger partial charge on any atom is 0.0977 e. The molecule has 1 heterocycles. The van der Waals surface area contributed by atoms with E-state index >= 15 is 0 Å². The molecule has 2 aromatic carbocycles. The van der Waals surface area contributed by atoms with Gasteiger partial charge in [0.15, 0.2) is 0 Å². The first kappa shape index (κ1) is 14.8. The lowest BCUT2D eigenvalue weighted by Crippen LogP contribution is -2.35. The molecule has 0 saturated carbocycles. The topological polar surface area (TPSA) is 23.5 Å². The molecule has 2 atom stereocenters. The van der Waals surface area contributed by atoms with Crippen molar-refractivity contribution < 1.29 is 5.11 Å². The van der Waals surface area contributed by atoms with Gasteiger partial charge in [-0.2, -0.15) is 0 Å². The number of hydrogen-bond acceptors (Lipinski definition) is 2. The molecule has 0 spiro atoms. The lowest BCUT2D eigenvalue weighted by molar-refractivity contribution is 0.140. The van der Waals surface area contributed by atoms with Crippen molar-refractivity contribution in [3.63, 3.8) is 0 Å². The Morgan fingerprint density at radius 1 is 1.05 bits per heavy atom. The highest BCUT2D eigenvalue weighted by molar-refractivity contribution is 5.37. The first-order chi connectivity index (χ1) is 10.9. The summed E-state index contributed by atoms with van der Waals surface area (Å²) in [5.41, 5.74) is 2.23. The zero-order valence-corrected chi connectivity index (χ0v) is 12.7. The van der Waals surface area contributed by atoms with Crippen molar-refractivity contribution in [2.24, 2.45) is 0 Å². The van der Waals surface area contributed by atoms with Gasteiger partial charge in [0, 0.05) is 18.2 Å². The second-order valence-corrected chi connectivity index (χ2v) is 5.67. The number of hydrogen-bond donors (Lipinski definition) is 1. The maximum atomic E-state index is 9.63. The van der Waals surface area contributed by atoms with E-state index in [1.165, 1.54) is 5.56 Å². The minimum Gasteiger partial charge on any atom is -0.395 e. The van der Waals surface area contributed by atoms with Crippen LogP contribution in [0.4, 0.5) is 0 Å². The maximum absolute atomic E-state index is 9.63. The van der Waals surface area contributed by atoms with Gasteiger partial charge in [-0.1, -0.05) is 60.4 Å². The summed E-state index contributed by atoms with van der Waals surface area (Å²) < 4.78 is 0. The van der Waals surface area contributed by atoms with Crippen molar-refractivity contribution in [1.82, 2.24) is 4.90 Å². The van der Waals surface area contributed by atoms with Gasteiger partial charge in [-0.3, -0.25) is 4.90 Å². The van der Waals surface area contributed by atoms with Crippen molar-refractivity contribution in [2.75, 3.05) is 13.2 Å². The highest BCUT2D eigenvalue weighted by Crippen LogP contribution is 2.28. The van der Waals surface area contributed by atoms with Crippen molar-refractivity contribution >= 4 is 0 Å². The van der Waals surface area contributed by atoms with Crippen LogP contribution in [0.3, 0.4) is 0 Å². The van der Waals surface area contributed by atoms with Crippen molar-refractivity contribution in [3.05, 3.63) is 71.8 Å². The van der Waals surface area contributed by atoms with Crippen LogP contribution in [0, 0.1) is 11.8 Å². The summed E-state index contributed by atoms with van der Waals surface area (Å²) in [6.07, 6.45) is 2.18. The molecule has 3 rings (SSSR count). The molecule has 0 radical (unpaired) electrons. The van der Waals surface area contributed by atoms with Gasteiger partial charge < -0.3 is 5.11 Å². The third kappa shape index (κ3) is 3.39. The summed E-state index contributed by atoms with van der Waals surface area (Å²) in [5, 5.41) is 9.63. The first-order valence-electron chi connectivity index (χ1n) is 7.86. The molecule has 1 aliphatic heterocycles. The van der Waals surface area contributed by atoms with Crippen LogP contribution in [-0.2, 0) is 0 Å². The molecule has 2 aromatic rings. The highest BCUT2D eigenvalue weighted by atomic mass is 16.3. The van der Waals surface area contributed by atoms with Gasteiger partial charge in [-0.25, -0.2) is 0 Å². The van der Waals surface area contributed by atoms with Crippen LogP contribution < -0.4 is 0 Å². The summed E-state index contributed by atoms with van der Waals surface area (Å²) in [6.45, 7) is 1.20. The molecular formula is C20H21NO. The Labute approximate surface area is 132 Å². The predicted octanol–water partition coefficient (Wildman–Crippen LogP) is 3.24. The normalized spacial score (nSPS) is 19.4. The predicted molar refractivity (Wildman–Crippen MR) is 89.3 cm³/mol. The van der Waals surface area contributed by atoms with Gasteiger partial charge in [0.1, 0.15) is 0 Å². The van der Waals surface area contributed by atoms with E-state index < -0.39 is 0 Å². The highest BCUT2D eigenvalue weighted by Gasteiger charge is 2.30. The molecule has 2 nitrogen and oxygen atoms in total. The Hall–Kier alpha value is -2.08. The van der Waals surface area contributed by atoms with E-state index in [1.54, 1.807) is 0 Å². The van der Waals surface area contributed by atoms with Gasteiger partial charge in [0.05, 0.1) is 12.6 Å². The number of benzene rings is 2. The minimum atomic E-state index is 0.0426. The van der Waals surface area contributed by atoms with Gasteiger partial charge in [0.25, 0.3) is 0 Å². The fourth-order valence-electron chi connectivity index (χ4n) is 3.06. The van der Waals surface area contributed by atoms with Crippen LogP contribution in [0.2, 0.25) is 0 Å². The van der Waals surface area contributed by atoms with Crippen LogP contribution in [0.5, 0.6) is 0 Å². The van der Waals surface area contributed by atoms with E-state index in [0.29, 0.717) is 0 Å². The molecule has 0 aliphatic carbocycles. The standard InChI is InChI=1S/C20H21NO/c22-16-19-12-7-15-21(19)20(18-10-5-2-6-11-18)14-13-17-8-3-1-4-9-17/h1-6,8-11,19-20,22H,7,12,15-16H2/t19-,20+/m0/s1. The lowest BCUT2D eigenvalue weighted by Gasteiger charge is -2.29. The summed E-state index contributed by atoms with van der Waals surface area (Å²) in [7, 11) is 0. The van der Waals surface area contributed by atoms with Crippen LogP contribution in [-0.4, -0.2) is 29.2 Å². The Morgan fingerprint density at radius 2 is 1.73 bits per heavy atom. The number of rotatable bonds is 3. The molecule has 0 bridgehead atoms. The molecular weight excluding hydrogens is 270 g/mol. The van der Waals surface area contributed by atoms with E-state index in [-0.39, 0.29) is 18.7 Å². The van der Waals surface area contributed by atoms with Gasteiger partial charge >= 0.3 is 0 Å². The summed E-state index contributed by atoms with van der Waals surface area (Å²) >= 11 is 0. The fourth-order valence-corrected chi connectivity index (χ4v) is 3.06. The third-order valence-electron chi connectivity index (χ3n) is 4.21. The van der Waals surface area contributed by atoms with Crippen LogP contribution >= 0.6 is 0 Å². The SMILES string of the molecule is OC[C@@H]1CCCN1[C@H](C#Cc1ccccc1)c1ccccc1. The van der Waals surface area contributed by atoms with Crippen molar-refractivity contribution in [1.29, 1.82) is 0 Å². The van der Waals surface area contributed by atoms with Crippen LogP contribution in [0.15, 0.2) is 60.7 Å². The Kier molecular flexibility index (Phi) is 4.90. The average molecular weight is 291 g/mol. The molecule has 0 unspecified atom stereocenters. The number of aliphatic hydroxyl groups excluding tert-OH is 1. The molecule has 22 heavy (non-hydrogen) atoms. The molecule has 0 aromatic heterocycles. The molecule has 1 N–H and O–H groups in total. The van der Waals surface area contributed by atoms with E-state index in [9.17, 15) is 5.11 Å². The van der Waals surface area contributed by atoms with Gasteiger partial charge in [0.2, 0.25) is 0 Å².